The minimum absolute atomic E-state index is 0.0856. The van der Waals surface area contributed by atoms with Crippen molar-refractivity contribution in [3.8, 4) is 11.8 Å². The second-order valence-electron chi connectivity index (χ2n) is 6.29. The lowest BCUT2D eigenvalue weighted by Gasteiger charge is -2.29. The molecule has 3 rings (SSSR count). The van der Waals surface area contributed by atoms with Gasteiger partial charge in [0, 0.05) is 5.69 Å². The van der Waals surface area contributed by atoms with Gasteiger partial charge in [0.2, 0.25) is 0 Å². The third kappa shape index (κ3) is 4.60. The Morgan fingerprint density at radius 3 is 2.03 bits per heavy atom. The molecule has 7 heteroatoms. The van der Waals surface area contributed by atoms with E-state index >= 15 is 0 Å². The number of benzene rings is 2. The Balaban J connectivity index is 0.00000106. The van der Waals surface area contributed by atoms with Gasteiger partial charge < -0.3 is 9.64 Å². The van der Waals surface area contributed by atoms with Crippen LogP contribution in [0.25, 0.3) is 0 Å². The molecule has 1 amide bonds. The molecule has 5 nitrogen and oxygen atoms in total. The molecule has 0 aliphatic carbocycles. The van der Waals surface area contributed by atoms with E-state index in [0.29, 0.717) is 11.4 Å². The van der Waals surface area contributed by atoms with Gasteiger partial charge in [0.05, 0.1) is 18.4 Å². The molecule has 0 radical (unpaired) electrons. The molecule has 0 bridgehead atoms. The average molecular weight is 430 g/mol. The maximum absolute atomic E-state index is 14.0. The van der Waals surface area contributed by atoms with Crippen LogP contribution >= 0.6 is 12.2 Å². The standard InChI is InChI=1S/C19H16FN3O2S.2C2H6/c1-19(2)17(24)22(14-5-4-12(11-21)16(20)10-14)18(26)23(19)13-6-8-15(25-3)9-7-13;2*1-2/h4-10H,1-3H3;2*1-2H3. The first-order chi connectivity index (χ1) is 14.3. The highest BCUT2D eigenvalue weighted by molar-refractivity contribution is 7.81. The van der Waals surface area contributed by atoms with Gasteiger partial charge >= 0.3 is 0 Å². The number of methoxy groups -OCH3 is 1. The Hall–Kier alpha value is -2.98. The highest BCUT2D eigenvalue weighted by Gasteiger charge is 2.50. The highest BCUT2D eigenvalue weighted by Crippen LogP contribution is 2.37. The van der Waals surface area contributed by atoms with E-state index in [9.17, 15) is 9.18 Å². The van der Waals surface area contributed by atoms with Crippen LogP contribution in [-0.2, 0) is 4.79 Å². The van der Waals surface area contributed by atoms with Gasteiger partial charge in [0.25, 0.3) is 5.91 Å². The molecule has 0 saturated carbocycles. The summed E-state index contributed by atoms with van der Waals surface area (Å²) in [6.07, 6.45) is 0. The second kappa shape index (κ2) is 10.7. The molecule has 0 spiro atoms. The molecule has 1 saturated heterocycles. The fourth-order valence-electron chi connectivity index (χ4n) is 2.92. The smallest absolute Gasteiger partial charge is 0.259 e. The Labute approximate surface area is 183 Å². The summed E-state index contributed by atoms with van der Waals surface area (Å²) in [5.41, 5.74) is -0.0142. The summed E-state index contributed by atoms with van der Waals surface area (Å²) in [5, 5.41) is 9.13. The van der Waals surface area contributed by atoms with Gasteiger partial charge in [-0.1, -0.05) is 27.7 Å². The maximum atomic E-state index is 14.0. The topological polar surface area (TPSA) is 56.6 Å². The fraction of sp³-hybridized carbons (Fsp3) is 0.348. The van der Waals surface area contributed by atoms with Crippen LogP contribution in [0, 0.1) is 17.1 Å². The van der Waals surface area contributed by atoms with E-state index in [1.165, 1.54) is 17.0 Å². The maximum Gasteiger partial charge on any atom is 0.259 e. The number of ether oxygens (including phenoxy) is 1. The van der Waals surface area contributed by atoms with Gasteiger partial charge in [0.1, 0.15) is 23.2 Å². The molecular weight excluding hydrogens is 401 g/mol. The van der Waals surface area contributed by atoms with Crippen molar-refractivity contribution < 1.29 is 13.9 Å². The van der Waals surface area contributed by atoms with E-state index < -0.39 is 11.4 Å². The minimum Gasteiger partial charge on any atom is -0.497 e. The molecular formula is C23H28FN3O2S. The Bertz CT molecular complexity index is 936. The van der Waals surface area contributed by atoms with Crippen LogP contribution in [0.1, 0.15) is 47.1 Å². The zero-order valence-electron chi connectivity index (χ0n) is 18.5. The number of nitrogens with zero attached hydrogens (tertiary/aromatic N) is 3. The molecule has 1 heterocycles. The van der Waals surface area contributed by atoms with Gasteiger partial charge in [-0.15, -0.1) is 0 Å². The predicted octanol–water partition coefficient (Wildman–Crippen LogP) is 5.68. The molecule has 0 atom stereocenters. The summed E-state index contributed by atoms with van der Waals surface area (Å²) >= 11 is 5.53. The predicted molar refractivity (Wildman–Crippen MR) is 123 cm³/mol. The SMILES string of the molecule is CC.CC.COc1ccc(N2C(=S)N(c3ccc(C#N)c(F)c3)C(=O)C2(C)C)cc1. The lowest BCUT2D eigenvalue weighted by molar-refractivity contribution is -0.120. The van der Waals surface area contributed by atoms with Crippen LogP contribution < -0.4 is 14.5 Å². The number of hydrogen-bond donors (Lipinski definition) is 0. The van der Waals surface area contributed by atoms with Crippen molar-refractivity contribution in [3.63, 3.8) is 0 Å². The number of rotatable bonds is 3. The van der Waals surface area contributed by atoms with Gasteiger partial charge in [-0.3, -0.25) is 9.69 Å². The summed E-state index contributed by atoms with van der Waals surface area (Å²) < 4.78 is 19.2. The fourth-order valence-corrected chi connectivity index (χ4v) is 3.44. The van der Waals surface area contributed by atoms with Crippen molar-refractivity contribution in [2.24, 2.45) is 0 Å². The number of carbonyl (C=O) groups is 1. The van der Waals surface area contributed by atoms with Crippen molar-refractivity contribution in [1.82, 2.24) is 0 Å². The van der Waals surface area contributed by atoms with Crippen LogP contribution in [-0.4, -0.2) is 23.7 Å². The first kappa shape index (κ1) is 25.1. The molecule has 1 aliphatic heterocycles. The molecule has 1 fully saturated rings. The molecule has 2 aromatic rings. The van der Waals surface area contributed by atoms with Crippen LogP contribution in [0.2, 0.25) is 0 Å². The number of halogens is 1. The third-order valence-corrected chi connectivity index (χ3v) is 4.70. The van der Waals surface area contributed by atoms with Gasteiger partial charge in [-0.25, -0.2) is 4.39 Å². The number of carbonyl (C=O) groups excluding carboxylic acids is 1. The van der Waals surface area contributed by atoms with E-state index in [1.54, 1.807) is 44.1 Å². The molecule has 1 aliphatic rings. The van der Waals surface area contributed by atoms with Crippen LogP contribution in [0.3, 0.4) is 0 Å². The molecule has 30 heavy (non-hydrogen) atoms. The lowest BCUT2D eigenvalue weighted by Crippen LogP contribution is -2.44. The molecule has 0 N–H and O–H groups in total. The van der Waals surface area contributed by atoms with Crippen LogP contribution in [0.15, 0.2) is 42.5 Å². The molecule has 2 aromatic carbocycles. The number of amides is 1. The Morgan fingerprint density at radius 1 is 1.03 bits per heavy atom. The molecule has 160 valence electrons. The monoisotopic (exact) mass is 429 g/mol. The van der Waals surface area contributed by atoms with Gasteiger partial charge in [0.15, 0.2) is 5.11 Å². The normalized spacial score (nSPS) is 14.2. The minimum atomic E-state index is -0.948. The van der Waals surface area contributed by atoms with Crippen molar-refractivity contribution in [3.05, 3.63) is 53.8 Å². The third-order valence-electron chi connectivity index (χ3n) is 4.33. The van der Waals surface area contributed by atoms with E-state index in [4.69, 9.17) is 22.2 Å². The Morgan fingerprint density at radius 2 is 1.57 bits per heavy atom. The van der Waals surface area contributed by atoms with E-state index in [1.807, 2.05) is 39.8 Å². The number of thiocarbonyl (C=S) groups is 1. The zero-order chi connectivity index (χ0) is 23.1. The first-order valence-electron chi connectivity index (χ1n) is 9.83. The zero-order valence-corrected chi connectivity index (χ0v) is 19.3. The summed E-state index contributed by atoms with van der Waals surface area (Å²) in [5.74, 6) is -0.280. The van der Waals surface area contributed by atoms with Crippen molar-refractivity contribution >= 4 is 34.6 Å². The number of hydrogen-bond acceptors (Lipinski definition) is 4. The van der Waals surface area contributed by atoms with Crippen LogP contribution in [0.4, 0.5) is 15.8 Å². The highest BCUT2D eigenvalue weighted by atomic mass is 32.1. The summed E-state index contributed by atoms with van der Waals surface area (Å²) in [6.45, 7) is 11.5. The lowest BCUT2D eigenvalue weighted by atomic mass is 10.0. The van der Waals surface area contributed by atoms with Crippen molar-refractivity contribution in [2.75, 3.05) is 16.9 Å². The van der Waals surface area contributed by atoms with E-state index in [-0.39, 0.29) is 16.6 Å². The van der Waals surface area contributed by atoms with Crippen molar-refractivity contribution in [2.45, 2.75) is 47.1 Å². The number of nitriles is 1. The summed E-state index contributed by atoms with van der Waals surface area (Å²) in [6, 6.07) is 12.9. The molecule has 0 aromatic heterocycles. The second-order valence-corrected chi connectivity index (χ2v) is 6.66. The summed E-state index contributed by atoms with van der Waals surface area (Å²) in [7, 11) is 1.57. The molecule has 0 unspecified atom stereocenters. The largest absolute Gasteiger partial charge is 0.497 e. The van der Waals surface area contributed by atoms with Gasteiger partial charge in [-0.05, 0) is 68.5 Å². The summed E-state index contributed by atoms with van der Waals surface area (Å²) in [4.78, 5) is 16.0. The van der Waals surface area contributed by atoms with E-state index in [2.05, 4.69) is 0 Å². The quantitative estimate of drug-likeness (QED) is 0.588. The number of anilines is 2. The first-order valence-corrected chi connectivity index (χ1v) is 10.2. The van der Waals surface area contributed by atoms with Gasteiger partial charge in [-0.2, -0.15) is 5.26 Å². The van der Waals surface area contributed by atoms with E-state index in [0.717, 1.165) is 11.8 Å². The Kier molecular flexibility index (Phi) is 8.94. The average Bonchev–Trinajstić information content (AvgIpc) is 2.95. The van der Waals surface area contributed by atoms with Crippen molar-refractivity contribution in [1.29, 1.82) is 5.26 Å². The van der Waals surface area contributed by atoms with Crippen LogP contribution in [0.5, 0.6) is 5.75 Å².